The molecule has 0 saturated heterocycles. The van der Waals surface area contributed by atoms with E-state index in [2.05, 4.69) is 31.9 Å². The van der Waals surface area contributed by atoms with Crippen LogP contribution in [-0.4, -0.2) is 37.5 Å². The van der Waals surface area contributed by atoms with Gasteiger partial charge in [0.05, 0.1) is 6.61 Å². The minimum Gasteiger partial charge on any atom is -0.399 e. The molecule has 0 bridgehead atoms. The lowest BCUT2D eigenvalue weighted by atomic mass is 10.3. The predicted molar refractivity (Wildman–Crippen MR) is 77.8 cm³/mol. The summed E-state index contributed by atoms with van der Waals surface area (Å²) >= 11 is 6.41. The van der Waals surface area contributed by atoms with E-state index >= 15 is 0 Å². The van der Waals surface area contributed by atoms with Crippen molar-refractivity contribution in [1.82, 2.24) is 4.31 Å². The summed E-state index contributed by atoms with van der Waals surface area (Å²) in [5.74, 6) is 0. The fraction of sp³-hybridized carbons (Fsp3) is 0.400. The zero-order valence-electron chi connectivity index (χ0n) is 9.73. The average Bonchev–Trinajstić information content (AvgIpc) is 2.23. The van der Waals surface area contributed by atoms with Crippen molar-refractivity contribution in [3.63, 3.8) is 0 Å². The van der Waals surface area contributed by atoms with Crippen molar-refractivity contribution in [2.75, 3.05) is 25.4 Å². The Morgan fingerprint density at radius 2 is 1.83 bits per heavy atom. The monoisotopic (exact) mass is 400 g/mol. The van der Waals surface area contributed by atoms with Crippen LogP contribution in [0.15, 0.2) is 26.0 Å². The lowest BCUT2D eigenvalue weighted by Gasteiger charge is -2.21. The Bertz CT molecular complexity index is 511. The van der Waals surface area contributed by atoms with Crippen molar-refractivity contribution in [1.29, 1.82) is 0 Å². The van der Waals surface area contributed by atoms with Crippen LogP contribution in [0.2, 0.25) is 0 Å². The molecule has 18 heavy (non-hydrogen) atoms. The smallest absolute Gasteiger partial charge is 0.245 e. The van der Waals surface area contributed by atoms with Crippen LogP contribution in [-0.2, 0) is 10.0 Å². The zero-order valence-corrected chi connectivity index (χ0v) is 13.7. The van der Waals surface area contributed by atoms with E-state index in [1.165, 1.54) is 16.4 Å². The number of hydrogen-bond donors (Lipinski definition) is 2. The first-order valence-electron chi connectivity index (χ1n) is 5.20. The third-order valence-corrected chi connectivity index (χ3v) is 6.17. The van der Waals surface area contributed by atoms with Gasteiger partial charge in [-0.3, -0.25) is 0 Å². The van der Waals surface area contributed by atoms with Gasteiger partial charge in [-0.15, -0.1) is 0 Å². The van der Waals surface area contributed by atoms with Gasteiger partial charge in [-0.25, -0.2) is 8.42 Å². The summed E-state index contributed by atoms with van der Waals surface area (Å²) in [6.45, 7) is 1.83. The maximum absolute atomic E-state index is 12.4. The van der Waals surface area contributed by atoms with Crippen molar-refractivity contribution >= 4 is 47.6 Å². The Kier molecular flexibility index (Phi) is 5.60. The molecule has 0 heterocycles. The summed E-state index contributed by atoms with van der Waals surface area (Å²) in [4.78, 5) is 0.118. The van der Waals surface area contributed by atoms with Crippen LogP contribution >= 0.6 is 31.9 Å². The van der Waals surface area contributed by atoms with E-state index in [0.29, 0.717) is 14.6 Å². The molecule has 0 aliphatic heterocycles. The summed E-state index contributed by atoms with van der Waals surface area (Å²) in [7, 11) is -3.67. The number of rotatable bonds is 5. The summed E-state index contributed by atoms with van der Waals surface area (Å²) < 4.78 is 26.8. The topological polar surface area (TPSA) is 83.6 Å². The molecule has 0 unspecified atom stereocenters. The van der Waals surface area contributed by atoms with Crippen LogP contribution in [0.25, 0.3) is 0 Å². The molecule has 1 aromatic carbocycles. The second-order valence-corrected chi connectivity index (χ2v) is 7.12. The number of benzene rings is 1. The average molecular weight is 402 g/mol. The van der Waals surface area contributed by atoms with Crippen molar-refractivity contribution < 1.29 is 13.5 Å². The standard InChI is InChI=1S/C10H14Br2N2O3S/c1-2-14(3-4-15)18(16,17)10-8(11)5-7(13)6-9(10)12/h5-6,15H,2-4,13H2,1H3. The number of aliphatic hydroxyl groups is 1. The molecule has 102 valence electrons. The molecule has 5 nitrogen and oxygen atoms in total. The van der Waals surface area contributed by atoms with Crippen molar-refractivity contribution in [2.24, 2.45) is 0 Å². The van der Waals surface area contributed by atoms with E-state index in [4.69, 9.17) is 10.8 Å². The first-order valence-corrected chi connectivity index (χ1v) is 8.22. The summed E-state index contributed by atoms with van der Waals surface area (Å²) in [6, 6.07) is 3.06. The maximum Gasteiger partial charge on any atom is 0.245 e. The van der Waals surface area contributed by atoms with E-state index in [-0.39, 0.29) is 24.6 Å². The van der Waals surface area contributed by atoms with Gasteiger partial charge >= 0.3 is 0 Å². The molecule has 8 heteroatoms. The second kappa shape index (κ2) is 6.33. The van der Waals surface area contributed by atoms with Gasteiger partial charge < -0.3 is 10.8 Å². The van der Waals surface area contributed by atoms with E-state index in [1.54, 1.807) is 6.92 Å². The predicted octanol–water partition coefficient (Wildman–Crippen LogP) is 1.80. The molecule has 0 saturated carbocycles. The normalized spacial score (nSPS) is 12.1. The van der Waals surface area contributed by atoms with Gasteiger partial charge in [0.25, 0.3) is 0 Å². The van der Waals surface area contributed by atoms with Crippen molar-refractivity contribution in [3.05, 3.63) is 21.1 Å². The third-order valence-electron chi connectivity index (χ3n) is 2.32. The minimum atomic E-state index is -3.67. The van der Waals surface area contributed by atoms with E-state index < -0.39 is 10.0 Å². The van der Waals surface area contributed by atoms with Gasteiger partial charge in [0.2, 0.25) is 10.0 Å². The van der Waals surface area contributed by atoms with Gasteiger partial charge in [0.1, 0.15) is 4.90 Å². The van der Waals surface area contributed by atoms with Crippen LogP contribution in [0.1, 0.15) is 6.92 Å². The Morgan fingerprint density at radius 3 is 2.22 bits per heavy atom. The molecule has 0 aliphatic rings. The molecule has 0 atom stereocenters. The quantitative estimate of drug-likeness (QED) is 0.736. The molecule has 0 amide bonds. The highest BCUT2D eigenvalue weighted by Crippen LogP contribution is 2.34. The molecule has 0 aliphatic carbocycles. The molecular formula is C10H14Br2N2O3S. The molecule has 1 rings (SSSR count). The number of nitrogens with two attached hydrogens (primary N) is 1. The molecule has 0 fully saturated rings. The number of hydrogen-bond acceptors (Lipinski definition) is 4. The second-order valence-electron chi connectivity index (χ2n) is 3.53. The highest BCUT2D eigenvalue weighted by molar-refractivity contribution is 9.11. The summed E-state index contributed by atoms with van der Waals surface area (Å²) in [6.07, 6.45) is 0. The Balaban J connectivity index is 3.36. The molecule has 1 aromatic rings. The number of anilines is 1. The lowest BCUT2D eigenvalue weighted by molar-refractivity contribution is 0.257. The number of sulfonamides is 1. The number of nitrogens with zero attached hydrogens (tertiary/aromatic N) is 1. The molecule has 0 spiro atoms. The Hall–Kier alpha value is -0.150. The van der Waals surface area contributed by atoms with E-state index in [1.807, 2.05) is 0 Å². The van der Waals surface area contributed by atoms with Crippen LogP contribution in [0.4, 0.5) is 5.69 Å². The fourth-order valence-electron chi connectivity index (χ4n) is 1.51. The largest absolute Gasteiger partial charge is 0.399 e. The van der Waals surface area contributed by atoms with Crippen LogP contribution < -0.4 is 5.73 Å². The van der Waals surface area contributed by atoms with Crippen LogP contribution in [0, 0.1) is 0 Å². The molecule has 0 aromatic heterocycles. The van der Waals surface area contributed by atoms with Gasteiger partial charge in [-0.2, -0.15) is 4.31 Å². The summed E-state index contributed by atoms with van der Waals surface area (Å²) in [5, 5.41) is 8.91. The summed E-state index contributed by atoms with van der Waals surface area (Å²) in [5.41, 5.74) is 6.09. The van der Waals surface area contributed by atoms with Gasteiger partial charge in [0, 0.05) is 27.7 Å². The number of likely N-dealkylation sites (N-methyl/N-ethyl adjacent to an activating group) is 1. The molecule has 0 radical (unpaired) electrons. The van der Waals surface area contributed by atoms with E-state index in [9.17, 15) is 8.42 Å². The molecular weight excluding hydrogens is 388 g/mol. The van der Waals surface area contributed by atoms with Gasteiger partial charge in [-0.05, 0) is 44.0 Å². The first-order chi connectivity index (χ1) is 8.34. The van der Waals surface area contributed by atoms with E-state index in [0.717, 1.165) is 0 Å². The van der Waals surface area contributed by atoms with Gasteiger partial charge in [0.15, 0.2) is 0 Å². The number of aliphatic hydroxyl groups excluding tert-OH is 1. The van der Waals surface area contributed by atoms with Gasteiger partial charge in [-0.1, -0.05) is 6.92 Å². The number of nitrogen functional groups attached to an aromatic ring is 1. The third kappa shape index (κ3) is 3.24. The highest BCUT2D eigenvalue weighted by Gasteiger charge is 2.27. The Morgan fingerprint density at radius 1 is 1.33 bits per heavy atom. The van der Waals surface area contributed by atoms with Crippen LogP contribution in [0.3, 0.4) is 0 Å². The van der Waals surface area contributed by atoms with Crippen molar-refractivity contribution in [2.45, 2.75) is 11.8 Å². The molecule has 3 N–H and O–H groups in total. The highest BCUT2D eigenvalue weighted by atomic mass is 79.9. The van der Waals surface area contributed by atoms with Crippen LogP contribution in [0.5, 0.6) is 0 Å². The maximum atomic E-state index is 12.4. The Labute approximate surface area is 123 Å². The first kappa shape index (κ1) is 15.9. The fourth-order valence-corrected chi connectivity index (χ4v) is 5.49. The SMILES string of the molecule is CCN(CCO)S(=O)(=O)c1c(Br)cc(N)cc1Br. The number of halogens is 2. The minimum absolute atomic E-state index is 0.0576. The zero-order chi connectivity index (χ0) is 13.9. The lowest BCUT2D eigenvalue weighted by Crippen LogP contribution is -2.33. The van der Waals surface area contributed by atoms with Crippen molar-refractivity contribution in [3.8, 4) is 0 Å².